The summed E-state index contributed by atoms with van der Waals surface area (Å²) in [6.07, 6.45) is 5.36. The van der Waals surface area contributed by atoms with Gasteiger partial charge in [0.2, 0.25) is 0 Å². The van der Waals surface area contributed by atoms with Crippen molar-refractivity contribution in [2.75, 3.05) is 0 Å². The summed E-state index contributed by atoms with van der Waals surface area (Å²) >= 11 is 4.74. The smallest absolute Gasteiger partial charge is 0.335 e. The van der Waals surface area contributed by atoms with E-state index in [1.807, 2.05) is 0 Å². The zero-order valence-electron chi connectivity index (χ0n) is 10.9. The van der Waals surface area contributed by atoms with Crippen LogP contribution in [-0.4, -0.2) is 26.9 Å². The van der Waals surface area contributed by atoms with Gasteiger partial charge in [-0.05, 0) is 43.6 Å². The largest absolute Gasteiger partial charge is 0.478 e. The number of carbonyl (C=O) groups is 1. The molecule has 0 aromatic carbocycles. The third kappa shape index (κ3) is 3.51. The highest BCUT2D eigenvalue weighted by atomic mass is 32.1. The first kappa shape index (κ1) is 14.4. The van der Waals surface area contributed by atoms with Crippen molar-refractivity contribution in [1.82, 2.24) is 10.4 Å². The number of carboxylic acid groups (broad SMARTS) is 1. The van der Waals surface area contributed by atoms with Gasteiger partial charge < -0.3 is 10.8 Å². The number of pyridine rings is 1. The summed E-state index contributed by atoms with van der Waals surface area (Å²) in [6, 6.07) is 3.09. The highest BCUT2D eigenvalue weighted by Gasteiger charge is 2.24. The lowest BCUT2D eigenvalue weighted by Crippen LogP contribution is -2.28. The van der Waals surface area contributed by atoms with E-state index in [0.717, 1.165) is 37.1 Å². The number of rotatable bonds is 3. The molecule has 1 aromatic heterocycles. The van der Waals surface area contributed by atoms with Gasteiger partial charge in [0.15, 0.2) is 5.11 Å². The SMILES string of the molecule is NC(=S)NN=C1CCCCC1c1cc(C(=O)O)ccn1. The Hall–Kier alpha value is -2.02. The summed E-state index contributed by atoms with van der Waals surface area (Å²) in [5.74, 6) is -0.936. The molecular formula is C13H16N4O2S. The zero-order valence-corrected chi connectivity index (χ0v) is 11.7. The van der Waals surface area contributed by atoms with E-state index < -0.39 is 5.97 Å². The maximum absolute atomic E-state index is 11.0. The molecule has 0 aliphatic heterocycles. The highest BCUT2D eigenvalue weighted by Crippen LogP contribution is 2.30. The molecular weight excluding hydrogens is 276 g/mol. The lowest BCUT2D eigenvalue weighted by molar-refractivity contribution is 0.0696. The zero-order chi connectivity index (χ0) is 14.5. The summed E-state index contributed by atoms with van der Waals surface area (Å²) < 4.78 is 0. The standard InChI is InChI=1S/C13H16N4O2S/c14-13(20)17-16-10-4-2-1-3-9(10)11-7-8(12(18)19)5-6-15-11/h5-7,9H,1-4H2,(H,18,19)(H3,14,17,20). The predicted octanol–water partition coefficient (Wildman–Crippen LogP) is 1.63. The van der Waals surface area contributed by atoms with E-state index in [-0.39, 0.29) is 16.6 Å². The Kier molecular flexibility index (Phi) is 4.62. The Labute approximate surface area is 122 Å². The summed E-state index contributed by atoms with van der Waals surface area (Å²) in [5.41, 5.74) is 9.87. The normalized spacial score (nSPS) is 20.6. The van der Waals surface area contributed by atoms with Crippen molar-refractivity contribution in [1.29, 1.82) is 0 Å². The van der Waals surface area contributed by atoms with E-state index in [2.05, 4.69) is 15.5 Å². The van der Waals surface area contributed by atoms with Gasteiger partial charge in [-0.3, -0.25) is 10.4 Å². The number of nitrogens with zero attached hydrogens (tertiary/aromatic N) is 2. The maximum Gasteiger partial charge on any atom is 0.335 e. The number of nitrogens with one attached hydrogen (secondary N) is 1. The van der Waals surface area contributed by atoms with Gasteiger partial charge in [0.25, 0.3) is 0 Å². The van der Waals surface area contributed by atoms with Crippen molar-refractivity contribution < 1.29 is 9.90 Å². The molecule has 2 rings (SSSR count). The number of nitrogens with two attached hydrogens (primary N) is 1. The fraction of sp³-hybridized carbons (Fsp3) is 0.385. The monoisotopic (exact) mass is 292 g/mol. The second-order valence-corrected chi connectivity index (χ2v) is 5.09. The van der Waals surface area contributed by atoms with Crippen LogP contribution >= 0.6 is 12.2 Å². The number of aromatic nitrogens is 1. The quantitative estimate of drug-likeness (QED) is 0.578. The van der Waals surface area contributed by atoms with Gasteiger partial charge in [0.05, 0.1) is 5.56 Å². The molecule has 1 aliphatic rings. The summed E-state index contributed by atoms with van der Waals surface area (Å²) in [4.78, 5) is 15.3. The second-order valence-electron chi connectivity index (χ2n) is 4.65. The van der Waals surface area contributed by atoms with Gasteiger partial charge in [-0.2, -0.15) is 5.10 Å². The first-order chi connectivity index (χ1) is 9.58. The van der Waals surface area contributed by atoms with Crippen LogP contribution in [0.2, 0.25) is 0 Å². The maximum atomic E-state index is 11.0. The lowest BCUT2D eigenvalue weighted by Gasteiger charge is -2.23. The average molecular weight is 292 g/mol. The van der Waals surface area contributed by atoms with Crippen molar-refractivity contribution in [3.8, 4) is 0 Å². The molecule has 0 spiro atoms. The molecule has 1 fully saturated rings. The first-order valence-corrected chi connectivity index (χ1v) is 6.80. The van der Waals surface area contributed by atoms with E-state index in [1.165, 1.54) is 12.3 Å². The minimum atomic E-state index is -0.954. The molecule has 4 N–H and O–H groups in total. The van der Waals surface area contributed by atoms with Crippen LogP contribution in [0.15, 0.2) is 23.4 Å². The molecule has 20 heavy (non-hydrogen) atoms. The van der Waals surface area contributed by atoms with Crippen LogP contribution < -0.4 is 11.2 Å². The molecule has 0 radical (unpaired) electrons. The average Bonchev–Trinajstić information content (AvgIpc) is 2.45. The summed E-state index contributed by atoms with van der Waals surface area (Å²) in [7, 11) is 0. The van der Waals surface area contributed by atoms with Crippen LogP contribution in [0.4, 0.5) is 0 Å². The van der Waals surface area contributed by atoms with Crippen molar-refractivity contribution in [2.45, 2.75) is 31.6 Å². The molecule has 1 atom stereocenters. The number of thiocarbonyl (C=S) groups is 1. The van der Waals surface area contributed by atoms with E-state index >= 15 is 0 Å². The molecule has 0 bridgehead atoms. The van der Waals surface area contributed by atoms with Crippen LogP contribution in [-0.2, 0) is 0 Å². The van der Waals surface area contributed by atoms with E-state index in [9.17, 15) is 4.79 Å². The molecule has 106 valence electrons. The third-order valence-electron chi connectivity index (χ3n) is 3.27. The number of hydrazone groups is 1. The Bertz CT molecular complexity index is 559. The molecule has 1 unspecified atom stereocenters. The van der Waals surface area contributed by atoms with E-state index in [1.54, 1.807) is 6.07 Å². The first-order valence-electron chi connectivity index (χ1n) is 6.39. The minimum absolute atomic E-state index is 0.0184. The number of carboxylic acids is 1. The molecule has 7 heteroatoms. The van der Waals surface area contributed by atoms with Gasteiger partial charge in [0, 0.05) is 23.5 Å². The van der Waals surface area contributed by atoms with Crippen LogP contribution in [0.3, 0.4) is 0 Å². The Balaban J connectivity index is 2.27. The topological polar surface area (TPSA) is 101 Å². The van der Waals surface area contributed by atoms with Crippen molar-refractivity contribution >= 4 is 29.0 Å². The molecule has 1 saturated carbocycles. The number of hydrogen-bond donors (Lipinski definition) is 3. The van der Waals surface area contributed by atoms with Crippen LogP contribution in [0.5, 0.6) is 0 Å². The molecule has 0 saturated heterocycles. The summed E-state index contributed by atoms with van der Waals surface area (Å²) in [6.45, 7) is 0. The predicted molar refractivity (Wildman–Crippen MR) is 79.8 cm³/mol. The molecule has 1 aromatic rings. The second kappa shape index (κ2) is 6.42. The van der Waals surface area contributed by atoms with Gasteiger partial charge >= 0.3 is 5.97 Å². The van der Waals surface area contributed by atoms with Crippen molar-refractivity contribution in [3.63, 3.8) is 0 Å². The molecule has 1 heterocycles. The third-order valence-corrected chi connectivity index (χ3v) is 3.36. The molecule has 6 nitrogen and oxygen atoms in total. The van der Waals surface area contributed by atoms with Gasteiger partial charge in [0.1, 0.15) is 0 Å². The Morgan fingerprint density at radius 2 is 2.35 bits per heavy atom. The highest BCUT2D eigenvalue weighted by molar-refractivity contribution is 7.80. The van der Waals surface area contributed by atoms with Crippen molar-refractivity contribution in [3.05, 3.63) is 29.6 Å². The fourth-order valence-electron chi connectivity index (χ4n) is 2.35. The van der Waals surface area contributed by atoms with Crippen LogP contribution in [0, 0.1) is 0 Å². The molecule has 0 amide bonds. The van der Waals surface area contributed by atoms with Crippen LogP contribution in [0.1, 0.15) is 47.7 Å². The Morgan fingerprint density at radius 1 is 1.55 bits per heavy atom. The number of aromatic carboxylic acids is 1. The van der Waals surface area contributed by atoms with Crippen molar-refractivity contribution in [2.24, 2.45) is 10.8 Å². The van der Waals surface area contributed by atoms with Crippen LogP contribution in [0.25, 0.3) is 0 Å². The number of hydrogen-bond acceptors (Lipinski definition) is 4. The van der Waals surface area contributed by atoms with Gasteiger partial charge in [-0.15, -0.1) is 0 Å². The minimum Gasteiger partial charge on any atom is -0.478 e. The van der Waals surface area contributed by atoms with Gasteiger partial charge in [-0.25, -0.2) is 4.79 Å². The van der Waals surface area contributed by atoms with E-state index in [0.29, 0.717) is 0 Å². The van der Waals surface area contributed by atoms with Gasteiger partial charge in [-0.1, -0.05) is 6.42 Å². The molecule has 1 aliphatic carbocycles. The lowest BCUT2D eigenvalue weighted by atomic mass is 9.84. The summed E-state index contributed by atoms with van der Waals surface area (Å²) in [5, 5.41) is 13.4. The van der Waals surface area contributed by atoms with E-state index in [4.69, 9.17) is 23.1 Å². The Morgan fingerprint density at radius 3 is 3.05 bits per heavy atom. The fourth-order valence-corrected chi connectivity index (χ4v) is 2.39.